The number of allylic oxidation sites excluding steroid dienone is 2. The highest BCUT2D eigenvalue weighted by atomic mass is 16.5. The van der Waals surface area contributed by atoms with Crippen molar-refractivity contribution in [3.8, 4) is 11.5 Å². The number of rotatable bonds is 8. The molecule has 0 spiro atoms. The lowest BCUT2D eigenvalue weighted by Gasteiger charge is -2.20. The Hall–Kier alpha value is -3.05. The van der Waals surface area contributed by atoms with Crippen LogP contribution in [-0.2, 0) is 17.8 Å². The molecule has 2 aromatic carbocycles. The minimum absolute atomic E-state index is 0.0290. The monoisotopic (exact) mass is 378 g/mol. The first kappa shape index (κ1) is 19.7. The first-order chi connectivity index (χ1) is 13.6. The molecular weight excluding hydrogens is 352 g/mol. The second kappa shape index (κ2) is 9.76. The fourth-order valence-corrected chi connectivity index (χ4v) is 3.15. The highest BCUT2D eigenvalue weighted by Gasteiger charge is 2.13. The van der Waals surface area contributed by atoms with Gasteiger partial charge in [0.15, 0.2) is 11.5 Å². The number of hydrogen-bond donors (Lipinski definition) is 3. The highest BCUT2D eigenvalue weighted by molar-refractivity contribution is 5.78. The number of phenols is 1. The minimum Gasteiger partial charge on any atom is -0.504 e. The average Bonchev–Trinajstić information content (AvgIpc) is 2.72. The topological polar surface area (TPSA) is 70.6 Å². The van der Waals surface area contributed by atoms with E-state index >= 15 is 0 Å². The Morgan fingerprint density at radius 3 is 2.75 bits per heavy atom. The normalized spacial score (nSPS) is 15.8. The number of carbonyl (C=O) groups excluding carboxylic acids is 1. The summed E-state index contributed by atoms with van der Waals surface area (Å²) in [5.41, 5.74) is 3.04. The van der Waals surface area contributed by atoms with Gasteiger partial charge in [0.25, 0.3) is 0 Å². The molecule has 5 heteroatoms. The smallest absolute Gasteiger partial charge is 0.224 e. The first-order valence-electron chi connectivity index (χ1n) is 9.44. The lowest BCUT2D eigenvalue weighted by atomic mass is 10.0. The maximum Gasteiger partial charge on any atom is 0.224 e. The van der Waals surface area contributed by atoms with Crippen LogP contribution in [0.1, 0.15) is 24.0 Å². The van der Waals surface area contributed by atoms with Crippen LogP contribution in [0.2, 0.25) is 0 Å². The van der Waals surface area contributed by atoms with E-state index in [0.717, 1.165) is 24.2 Å². The molecule has 1 unspecified atom stereocenters. The van der Waals surface area contributed by atoms with E-state index in [1.54, 1.807) is 12.1 Å². The first-order valence-corrected chi connectivity index (χ1v) is 9.44. The Balaban J connectivity index is 1.44. The lowest BCUT2D eigenvalue weighted by Crippen LogP contribution is -2.33. The Bertz CT molecular complexity index is 859. The van der Waals surface area contributed by atoms with Crippen LogP contribution in [0.4, 0.5) is 0 Å². The Labute approximate surface area is 165 Å². The number of aryl methyl sites for hydroxylation is 1. The fourth-order valence-electron chi connectivity index (χ4n) is 3.15. The number of methoxy groups -OCH3 is 1. The van der Waals surface area contributed by atoms with Crippen LogP contribution in [0.5, 0.6) is 11.5 Å². The molecule has 1 aliphatic rings. The predicted molar refractivity (Wildman–Crippen MR) is 110 cm³/mol. The van der Waals surface area contributed by atoms with Crippen molar-refractivity contribution >= 4 is 5.91 Å². The maximum atomic E-state index is 12.3. The van der Waals surface area contributed by atoms with Crippen LogP contribution in [0, 0.1) is 0 Å². The SMILES string of the molecule is COc1ccc(CCC(=O)NC2=CC=CC(NCc3ccccc3)C2)cc1O. The van der Waals surface area contributed by atoms with E-state index in [4.69, 9.17) is 4.74 Å². The summed E-state index contributed by atoms with van der Waals surface area (Å²) in [6.45, 7) is 0.790. The van der Waals surface area contributed by atoms with E-state index in [9.17, 15) is 9.90 Å². The molecule has 0 fully saturated rings. The summed E-state index contributed by atoms with van der Waals surface area (Å²) in [5.74, 6) is 0.493. The number of aromatic hydroxyl groups is 1. The molecular formula is C23H26N2O3. The molecule has 0 bridgehead atoms. The summed E-state index contributed by atoms with van der Waals surface area (Å²) < 4.78 is 5.04. The molecule has 1 amide bonds. The second-order valence-corrected chi connectivity index (χ2v) is 6.81. The molecule has 0 radical (unpaired) electrons. The zero-order valence-corrected chi connectivity index (χ0v) is 16.0. The molecule has 3 rings (SSSR count). The summed E-state index contributed by atoms with van der Waals surface area (Å²) in [6.07, 6.45) is 7.69. The standard InChI is InChI=1S/C23H26N2O3/c1-28-22-12-10-17(14-21(22)26)11-13-23(27)25-20-9-5-8-19(15-20)24-16-18-6-3-2-4-7-18/h2-10,12,14,19,24,26H,11,13,15-16H2,1H3,(H,25,27). The summed E-state index contributed by atoms with van der Waals surface area (Å²) >= 11 is 0. The van der Waals surface area contributed by atoms with Gasteiger partial charge in [0.1, 0.15) is 0 Å². The zero-order chi connectivity index (χ0) is 19.8. The molecule has 1 atom stereocenters. The van der Waals surface area contributed by atoms with E-state index in [0.29, 0.717) is 18.6 Å². The zero-order valence-electron chi connectivity index (χ0n) is 16.0. The summed E-state index contributed by atoms with van der Waals surface area (Å²) in [5, 5.41) is 16.3. The van der Waals surface area contributed by atoms with Crippen LogP contribution < -0.4 is 15.4 Å². The average molecular weight is 378 g/mol. The number of carbonyl (C=O) groups is 1. The van der Waals surface area contributed by atoms with E-state index in [1.807, 2.05) is 36.4 Å². The summed E-state index contributed by atoms with van der Waals surface area (Å²) in [6, 6.07) is 15.6. The molecule has 1 aliphatic carbocycles. The molecule has 0 aliphatic heterocycles. The maximum absolute atomic E-state index is 12.3. The van der Waals surface area contributed by atoms with Crippen molar-refractivity contribution in [3.05, 3.63) is 83.6 Å². The van der Waals surface area contributed by atoms with Crippen molar-refractivity contribution in [2.24, 2.45) is 0 Å². The molecule has 0 saturated carbocycles. The van der Waals surface area contributed by atoms with Gasteiger partial charge in [-0.3, -0.25) is 4.79 Å². The third-order valence-electron chi connectivity index (χ3n) is 4.68. The van der Waals surface area contributed by atoms with Gasteiger partial charge >= 0.3 is 0 Å². The van der Waals surface area contributed by atoms with Gasteiger partial charge in [0.2, 0.25) is 5.91 Å². The second-order valence-electron chi connectivity index (χ2n) is 6.81. The van der Waals surface area contributed by atoms with Gasteiger partial charge in [0.05, 0.1) is 7.11 Å². The number of nitrogens with one attached hydrogen (secondary N) is 2. The Morgan fingerprint density at radius 2 is 2.00 bits per heavy atom. The van der Waals surface area contributed by atoms with Crippen molar-refractivity contribution in [1.29, 1.82) is 0 Å². The predicted octanol–water partition coefficient (Wildman–Crippen LogP) is 3.45. The van der Waals surface area contributed by atoms with Crippen molar-refractivity contribution in [3.63, 3.8) is 0 Å². The highest BCUT2D eigenvalue weighted by Crippen LogP contribution is 2.26. The van der Waals surface area contributed by atoms with Crippen LogP contribution >= 0.6 is 0 Å². The largest absolute Gasteiger partial charge is 0.504 e. The molecule has 0 aromatic heterocycles. The van der Waals surface area contributed by atoms with Gasteiger partial charge in [-0.25, -0.2) is 0 Å². The van der Waals surface area contributed by atoms with Crippen molar-refractivity contribution < 1.29 is 14.6 Å². The summed E-state index contributed by atoms with van der Waals surface area (Å²) in [4.78, 5) is 12.3. The molecule has 2 aromatic rings. The van der Waals surface area contributed by atoms with Gasteiger partial charge < -0.3 is 20.5 Å². The molecule has 28 heavy (non-hydrogen) atoms. The van der Waals surface area contributed by atoms with Gasteiger partial charge in [-0.1, -0.05) is 48.6 Å². The number of benzene rings is 2. The van der Waals surface area contributed by atoms with Crippen molar-refractivity contribution in [2.75, 3.05) is 7.11 Å². The summed E-state index contributed by atoms with van der Waals surface area (Å²) in [7, 11) is 1.51. The molecule has 3 N–H and O–H groups in total. The quantitative estimate of drug-likeness (QED) is 0.658. The number of amides is 1. The van der Waals surface area contributed by atoms with Crippen molar-refractivity contribution in [1.82, 2.24) is 10.6 Å². The van der Waals surface area contributed by atoms with E-state index in [1.165, 1.54) is 12.7 Å². The van der Waals surface area contributed by atoms with Gasteiger partial charge in [0, 0.05) is 31.1 Å². The van der Waals surface area contributed by atoms with Crippen molar-refractivity contribution in [2.45, 2.75) is 31.8 Å². The minimum atomic E-state index is -0.0290. The molecule has 0 heterocycles. The molecule has 0 saturated heterocycles. The number of hydrogen-bond acceptors (Lipinski definition) is 4. The number of ether oxygens (including phenoxy) is 1. The van der Waals surface area contributed by atoms with Crippen LogP contribution in [0.25, 0.3) is 0 Å². The fraction of sp³-hybridized carbons (Fsp3) is 0.261. The molecule has 5 nitrogen and oxygen atoms in total. The van der Waals surface area contributed by atoms with Crippen LogP contribution in [0.15, 0.2) is 72.5 Å². The van der Waals surface area contributed by atoms with Crippen LogP contribution in [0.3, 0.4) is 0 Å². The third kappa shape index (κ3) is 5.72. The lowest BCUT2D eigenvalue weighted by molar-refractivity contribution is -0.120. The number of phenolic OH excluding ortho intramolecular Hbond substituents is 1. The van der Waals surface area contributed by atoms with Gasteiger partial charge in [-0.2, -0.15) is 0 Å². The Morgan fingerprint density at radius 1 is 1.18 bits per heavy atom. The Kier molecular flexibility index (Phi) is 6.87. The third-order valence-corrected chi connectivity index (χ3v) is 4.68. The molecule has 146 valence electrons. The van der Waals surface area contributed by atoms with Crippen LogP contribution in [-0.4, -0.2) is 24.2 Å². The van der Waals surface area contributed by atoms with E-state index in [-0.39, 0.29) is 17.7 Å². The van der Waals surface area contributed by atoms with Gasteiger partial charge in [-0.05, 0) is 35.8 Å². The van der Waals surface area contributed by atoms with E-state index in [2.05, 4.69) is 28.8 Å². The van der Waals surface area contributed by atoms with E-state index < -0.39 is 0 Å². The van der Waals surface area contributed by atoms with Gasteiger partial charge in [-0.15, -0.1) is 0 Å².